The van der Waals surface area contributed by atoms with E-state index < -0.39 is 18.4 Å². The van der Waals surface area contributed by atoms with Crippen molar-refractivity contribution in [2.75, 3.05) is 0 Å². The van der Waals surface area contributed by atoms with Crippen molar-refractivity contribution >= 4 is 33.3 Å². The monoisotopic (exact) mass is 466 g/mol. The first-order valence-corrected chi connectivity index (χ1v) is 19.3. The summed E-state index contributed by atoms with van der Waals surface area (Å²) in [5.74, 6) is 0. The van der Waals surface area contributed by atoms with E-state index in [1.54, 1.807) is 24.5 Å². The summed E-state index contributed by atoms with van der Waals surface area (Å²) in [4.78, 5) is 0. The van der Waals surface area contributed by atoms with Gasteiger partial charge in [-0.15, -0.1) is 0 Å². The second kappa shape index (κ2) is 10.8. The van der Waals surface area contributed by atoms with Crippen LogP contribution < -0.4 is 0 Å². The van der Waals surface area contributed by atoms with Crippen LogP contribution in [-0.4, -0.2) is 33.3 Å². The van der Waals surface area contributed by atoms with Gasteiger partial charge in [-0.25, -0.2) is 0 Å². The van der Waals surface area contributed by atoms with Gasteiger partial charge in [0.15, 0.2) is 0 Å². The first-order valence-electron chi connectivity index (χ1n) is 9.36. The number of hydrogen-bond donors (Lipinski definition) is 0. The molecule has 1 rings (SSSR count). The maximum absolute atomic E-state index is 2.44. The molecule has 0 aliphatic carbocycles. The maximum atomic E-state index is 2.44. The van der Waals surface area contributed by atoms with Crippen molar-refractivity contribution in [3.63, 3.8) is 0 Å². The first kappa shape index (κ1) is 20.1. The third-order valence-electron chi connectivity index (χ3n) is 5.49. The van der Waals surface area contributed by atoms with Gasteiger partial charge in [0.25, 0.3) is 0 Å². The van der Waals surface area contributed by atoms with Gasteiger partial charge in [0.2, 0.25) is 0 Å². The van der Waals surface area contributed by atoms with Crippen molar-refractivity contribution in [2.45, 2.75) is 101 Å². The van der Waals surface area contributed by atoms with Crippen LogP contribution >= 0.6 is 0 Å². The molecule has 0 spiro atoms. The van der Waals surface area contributed by atoms with Gasteiger partial charge < -0.3 is 0 Å². The molecule has 0 amide bonds. The van der Waals surface area contributed by atoms with E-state index in [0.717, 1.165) is 15.0 Å². The molecule has 1 heterocycles. The molecule has 0 fully saturated rings. The van der Waals surface area contributed by atoms with Crippen LogP contribution in [0.15, 0.2) is 11.1 Å². The van der Waals surface area contributed by atoms with Gasteiger partial charge in [-0.05, 0) is 0 Å². The zero-order chi connectivity index (χ0) is 15.7. The van der Waals surface area contributed by atoms with Crippen LogP contribution in [-0.2, 0) is 0 Å². The number of hydrogen-bond acceptors (Lipinski definition) is 0. The Morgan fingerprint density at radius 3 is 1.71 bits per heavy atom. The molecule has 0 saturated heterocycles. The summed E-state index contributed by atoms with van der Waals surface area (Å²) in [6.45, 7) is 12.0. The fourth-order valence-corrected chi connectivity index (χ4v) is 34.2. The molecule has 1 unspecified atom stereocenters. The van der Waals surface area contributed by atoms with E-state index in [4.69, 9.17) is 0 Å². The Hall–Kier alpha value is 1.06. The Morgan fingerprint density at radius 2 is 1.33 bits per heavy atom. The number of rotatable bonds is 10. The average molecular weight is 464 g/mol. The van der Waals surface area contributed by atoms with Crippen molar-refractivity contribution in [2.24, 2.45) is 0 Å². The molecule has 1 atom stereocenters. The predicted molar refractivity (Wildman–Crippen MR) is 102 cm³/mol. The van der Waals surface area contributed by atoms with E-state index >= 15 is 0 Å². The molecule has 0 bridgehead atoms. The standard InChI is InChI=1S/C7H11Se.3C4H9.Sn/c1-6-3-4-8-5-7(6)2;3*1-3-4-2;/h4H,3,5H2,1-2H3;3*1,3-4H2,2H3;. The fourth-order valence-electron chi connectivity index (χ4n) is 3.70. The Bertz CT molecular complexity index is 300. The molecule has 2 heteroatoms. The van der Waals surface area contributed by atoms with Gasteiger partial charge in [0.1, 0.15) is 0 Å². The molecule has 1 aliphatic heterocycles. The van der Waals surface area contributed by atoms with Crippen LogP contribution in [0.5, 0.6) is 0 Å². The molecule has 0 aromatic carbocycles. The summed E-state index contributed by atoms with van der Waals surface area (Å²) >= 11 is -0.977. The second-order valence-electron chi connectivity index (χ2n) is 7.24. The molecule has 21 heavy (non-hydrogen) atoms. The Kier molecular flexibility index (Phi) is 10.3. The van der Waals surface area contributed by atoms with E-state index in [0.29, 0.717) is 0 Å². The van der Waals surface area contributed by atoms with Crippen LogP contribution in [0.3, 0.4) is 0 Å². The zero-order valence-corrected chi connectivity index (χ0v) is 19.8. The van der Waals surface area contributed by atoms with Gasteiger partial charge in [0.05, 0.1) is 0 Å². The molecular weight excluding hydrogens is 426 g/mol. The normalized spacial score (nSPS) is 20.1. The van der Waals surface area contributed by atoms with E-state index in [2.05, 4.69) is 34.6 Å². The summed E-state index contributed by atoms with van der Waals surface area (Å²) < 4.78 is 6.37. The summed E-state index contributed by atoms with van der Waals surface area (Å²) in [7, 11) is 0. The van der Waals surface area contributed by atoms with Crippen LogP contribution in [0.1, 0.15) is 79.6 Å². The van der Waals surface area contributed by atoms with E-state index in [1.807, 2.05) is 0 Å². The molecule has 1 aliphatic rings. The van der Waals surface area contributed by atoms with E-state index in [-0.39, 0.29) is 0 Å². The Morgan fingerprint density at radius 1 is 0.857 bits per heavy atom. The number of allylic oxidation sites excluding steroid dienone is 2. The van der Waals surface area contributed by atoms with Crippen molar-refractivity contribution in [1.29, 1.82) is 0 Å². The summed E-state index contributed by atoms with van der Waals surface area (Å²) in [5.41, 5.74) is 3.52. The Labute approximate surface area is 145 Å². The molecule has 0 nitrogen and oxygen atoms in total. The van der Waals surface area contributed by atoms with Gasteiger partial charge in [-0.1, -0.05) is 0 Å². The predicted octanol–water partition coefficient (Wildman–Crippen LogP) is 7.03. The average Bonchev–Trinajstić information content (AvgIpc) is 2.50. The van der Waals surface area contributed by atoms with Gasteiger partial charge in [0, 0.05) is 0 Å². The van der Waals surface area contributed by atoms with Crippen LogP contribution in [0.25, 0.3) is 0 Å². The van der Waals surface area contributed by atoms with Crippen molar-refractivity contribution in [1.82, 2.24) is 0 Å². The molecule has 0 aromatic heterocycles. The first-order chi connectivity index (χ1) is 10.1. The van der Waals surface area contributed by atoms with E-state index in [1.165, 1.54) is 53.1 Å². The molecular formula is C19H38SeSn. The van der Waals surface area contributed by atoms with E-state index in [9.17, 15) is 0 Å². The van der Waals surface area contributed by atoms with Crippen molar-refractivity contribution in [3.8, 4) is 0 Å². The zero-order valence-electron chi connectivity index (χ0n) is 15.3. The van der Waals surface area contributed by atoms with Gasteiger partial charge >= 0.3 is 146 Å². The van der Waals surface area contributed by atoms with Crippen molar-refractivity contribution < 1.29 is 0 Å². The SMILES string of the molecule is CCC[CH2][Sn]([CH2]CCC)([CH2]CCC)[CH]1CC(C)=C(C)C[Se]1. The summed E-state index contributed by atoms with van der Waals surface area (Å²) in [6.07, 6.45) is 10.4. The molecule has 0 radical (unpaired) electrons. The van der Waals surface area contributed by atoms with Crippen LogP contribution in [0.2, 0.25) is 21.5 Å². The second-order valence-corrected chi connectivity index (χ2v) is 26.5. The third-order valence-corrected chi connectivity index (χ3v) is 33.5. The summed E-state index contributed by atoms with van der Waals surface area (Å²) in [5, 5.41) is 1.48. The van der Waals surface area contributed by atoms with Crippen LogP contribution in [0, 0.1) is 0 Å². The van der Waals surface area contributed by atoms with Gasteiger partial charge in [-0.3, -0.25) is 0 Å². The Balaban J connectivity index is 2.90. The topological polar surface area (TPSA) is 0 Å². The molecule has 0 saturated carbocycles. The minimum absolute atomic E-state index is 0.939. The number of unbranched alkanes of at least 4 members (excludes halogenated alkanes) is 3. The molecule has 124 valence electrons. The summed E-state index contributed by atoms with van der Waals surface area (Å²) in [6, 6.07) is 0. The third kappa shape index (κ3) is 6.22. The quantitative estimate of drug-likeness (QED) is 0.241. The van der Waals surface area contributed by atoms with Crippen LogP contribution in [0.4, 0.5) is 0 Å². The molecule has 0 aromatic rings. The van der Waals surface area contributed by atoms with Crippen molar-refractivity contribution in [3.05, 3.63) is 11.1 Å². The van der Waals surface area contributed by atoms with Gasteiger partial charge in [-0.2, -0.15) is 0 Å². The molecule has 0 N–H and O–H groups in total. The minimum atomic E-state index is -1.92. The fraction of sp³-hybridized carbons (Fsp3) is 0.895.